The normalized spacial score (nSPS) is 17.5. The Morgan fingerprint density at radius 2 is 1.90 bits per heavy atom. The molecule has 230 valence electrons. The lowest BCUT2D eigenvalue weighted by Crippen LogP contribution is -2.57. The molecule has 0 aromatic carbocycles. The highest BCUT2D eigenvalue weighted by atomic mass is 19.4. The summed E-state index contributed by atoms with van der Waals surface area (Å²) in [5.74, 6) is -0.987. The molecule has 3 aromatic heterocycles. The zero-order valence-electron chi connectivity index (χ0n) is 23.2. The molecule has 1 aliphatic heterocycles. The van der Waals surface area contributed by atoms with Gasteiger partial charge in [-0.3, -0.25) is 4.98 Å². The number of fused-ring (bicyclic) bond motifs is 1. The Morgan fingerprint density at radius 1 is 1.17 bits per heavy atom. The molecule has 1 aliphatic rings. The number of pyridine rings is 1. The number of urea groups is 1. The number of alkyl halides is 6. The fourth-order valence-corrected chi connectivity index (χ4v) is 4.99. The third-order valence-corrected chi connectivity index (χ3v) is 6.91. The molecule has 4 rings (SSSR count). The Kier molecular flexibility index (Phi) is 9.03. The number of carbonyl (C=O) groups excluding carboxylic acids is 1. The molecule has 1 N–H and O–H groups in total. The van der Waals surface area contributed by atoms with Gasteiger partial charge in [-0.2, -0.15) is 26.3 Å². The molecule has 16 heteroatoms. The number of halogens is 6. The summed E-state index contributed by atoms with van der Waals surface area (Å²) in [7, 11) is 2.65. The van der Waals surface area contributed by atoms with Crippen molar-refractivity contribution in [3.8, 4) is 22.9 Å². The molecule has 1 saturated heterocycles. The van der Waals surface area contributed by atoms with E-state index in [2.05, 4.69) is 15.0 Å². The topological polar surface area (TPSA) is 103 Å². The molecule has 3 unspecified atom stereocenters. The van der Waals surface area contributed by atoms with Gasteiger partial charge in [0.05, 0.1) is 44.1 Å². The quantitative estimate of drug-likeness (QED) is 0.357. The molecule has 3 atom stereocenters. The van der Waals surface area contributed by atoms with Crippen molar-refractivity contribution in [3.05, 3.63) is 36.0 Å². The van der Waals surface area contributed by atoms with Crippen molar-refractivity contribution in [1.82, 2.24) is 29.6 Å². The SMILES string of the molecule is CCN(C(=O)NC(C1CCCOC1)C(F)(F)F)C(c1cc(-c2cn3cc(C)nc3c(OC)n2)c(OC)cn1)C(F)(F)F. The molecule has 0 radical (unpaired) electrons. The number of aryl methyl sites for hydroxylation is 1. The number of hydrogen-bond donors (Lipinski definition) is 1. The fourth-order valence-electron chi connectivity index (χ4n) is 4.99. The lowest BCUT2D eigenvalue weighted by Gasteiger charge is -2.36. The van der Waals surface area contributed by atoms with Gasteiger partial charge in [0.2, 0.25) is 5.65 Å². The second-order valence-corrected chi connectivity index (χ2v) is 9.73. The first-order chi connectivity index (χ1) is 19.8. The van der Waals surface area contributed by atoms with Crippen LogP contribution in [-0.4, -0.2) is 82.7 Å². The molecule has 0 spiro atoms. The second-order valence-electron chi connectivity index (χ2n) is 9.73. The van der Waals surface area contributed by atoms with Crippen LogP contribution in [0, 0.1) is 12.8 Å². The summed E-state index contributed by atoms with van der Waals surface area (Å²) in [4.78, 5) is 26.0. The van der Waals surface area contributed by atoms with Gasteiger partial charge in [0.1, 0.15) is 11.8 Å². The molecule has 3 aromatic rings. The van der Waals surface area contributed by atoms with Crippen molar-refractivity contribution in [2.24, 2.45) is 5.92 Å². The van der Waals surface area contributed by atoms with Crippen molar-refractivity contribution in [2.45, 2.75) is 51.1 Å². The maximum atomic E-state index is 14.6. The number of nitrogens with one attached hydrogen (secondary N) is 1. The summed E-state index contributed by atoms with van der Waals surface area (Å²) in [5.41, 5.74) is 0.569. The standard InChI is InChI=1S/C26H30F6N6O4/c1-5-38(24(39)36-20(25(27,28)29)15-7-6-8-42-13-15)21(26(30,31)32)17-9-16(19(40-3)10-33-17)18-12-37-11-14(2)34-22(37)23(35-18)41-4/h9-12,15,20-21H,5-8,13H2,1-4H3,(H,36,39). The van der Waals surface area contributed by atoms with Crippen LogP contribution < -0.4 is 14.8 Å². The molecule has 42 heavy (non-hydrogen) atoms. The van der Waals surface area contributed by atoms with E-state index in [0.717, 1.165) is 12.3 Å². The minimum atomic E-state index is -5.11. The Balaban J connectivity index is 1.76. The Morgan fingerprint density at radius 3 is 2.48 bits per heavy atom. The predicted molar refractivity (Wildman–Crippen MR) is 137 cm³/mol. The van der Waals surface area contributed by atoms with Gasteiger partial charge < -0.3 is 28.8 Å². The lowest BCUT2D eigenvalue weighted by molar-refractivity contribution is -0.184. The highest BCUT2D eigenvalue weighted by molar-refractivity contribution is 5.76. The van der Waals surface area contributed by atoms with Crippen LogP contribution in [0.15, 0.2) is 24.7 Å². The van der Waals surface area contributed by atoms with Crippen molar-refractivity contribution >= 4 is 11.7 Å². The number of aromatic nitrogens is 4. The zero-order chi connectivity index (χ0) is 30.8. The van der Waals surface area contributed by atoms with Crippen LogP contribution in [0.3, 0.4) is 0 Å². The summed E-state index contributed by atoms with van der Waals surface area (Å²) in [6.07, 6.45) is -5.39. The number of rotatable bonds is 8. The van der Waals surface area contributed by atoms with E-state index in [1.165, 1.54) is 27.3 Å². The molecule has 4 heterocycles. The average molecular weight is 605 g/mol. The summed E-state index contributed by atoms with van der Waals surface area (Å²) in [6.45, 7) is 2.39. The number of nitrogens with zero attached hydrogens (tertiary/aromatic N) is 5. The molecular formula is C26H30F6N6O4. The summed E-state index contributed by atoms with van der Waals surface area (Å²) in [5, 5.41) is 1.80. The highest BCUT2D eigenvalue weighted by Gasteiger charge is 2.50. The Bertz CT molecular complexity index is 1410. The van der Waals surface area contributed by atoms with E-state index in [1.807, 2.05) is 0 Å². The number of imidazole rings is 1. The van der Waals surface area contributed by atoms with Crippen LogP contribution in [0.4, 0.5) is 31.1 Å². The third kappa shape index (κ3) is 6.47. The van der Waals surface area contributed by atoms with E-state index >= 15 is 0 Å². The van der Waals surface area contributed by atoms with Crippen LogP contribution in [-0.2, 0) is 4.74 Å². The maximum absolute atomic E-state index is 14.6. The molecular weight excluding hydrogens is 574 g/mol. The number of carbonyl (C=O) groups is 1. The molecule has 1 fully saturated rings. The Hall–Kier alpha value is -3.82. The van der Waals surface area contributed by atoms with Gasteiger partial charge in [0, 0.05) is 37.0 Å². The largest absolute Gasteiger partial charge is 0.494 e. The average Bonchev–Trinajstić information content (AvgIpc) is 3.32. The van der Waals surface area contributed by atoms with Crippen LogP contribution >= 0.6 is 0 Å². The van der Waals surface area contributed by atoms with Crippen molar-refractivity contribution in [1.29, 1.82) is 0 Å². The monoisotopic (exact) mass is 604 g/mol. The van der Waals surface area contributed by atoms with E-state index in [0.29, 0.717) is 17.8 Å². The van der Waals surface area contributed by atoms with E-state index < -0.39 is 48.6 Å². The summed E-state index contributed by atoms with van der Waals surface area (Å²) < 4.78 is 103. The fraction of sp³-hybridized carbons (Fsp3) is 0.538. The number of hydrogen-bond acceptors (Lipinski definition) is 7. The van der Waals surface area contributed by atoms with Crippen molar-refractivity contribution in [2.75, 3.05) is 34.0 Å². The third-order valence-electron chi connectivity index (χ3n) is 6.91. The molecule has 0 aliphatic carbocycles. The van der Waals surface area contributed by atoms with Gasteiger partial charge in [-0.25, -0.2) is 14.8 Å². The van der Waals surface area contributed by atoms with E-state index in [-0.39, 0.29) is 47.4 Å². The minimum Gasteiger partial charge on any atom is -0.494 e. The number of amides is 2. The minimum absolute atomic E-state index is 0.0624. The van der Waals surface area contributed by atoms with Crippen LogP contribution in [0.25, 0.3) is 16.9 Å². The molecule has 0 saturated carbocycles. The van der Waals surface area contributed by atoms with Gasteiger partial charge >= 0.3 is 18.4 Å². The van der Waals surface area contributed by atoms with Crippen LogP contribution in [0.2, 0.25) is 0 Å². The van der Waals surface area contributed by atoms with Gasteiger partial charge in [-0.05, 0) is 32.8 Å². The number of ether oxygens (including phenoxy) is 3. The number of methoxy groups -OCH3 is 2. The maximum Gasteiger partial charge on any atom is 0.414 e. The van der Waals surface area contributed by atoms with Gasteiger partial charge in [0.15, 0.2) is 6.04 Å². The first-order valence-electron chi connectivity index (χ1n) is 13.0. The smallest absolute Gasteiger partial charge is 0.414 e. The van der Waals surface area contributed by atoms with E-state index in [1.54, 1.807) is 22.8 Å². The molecule has 0 bridgehead atoms. The summed E-state index contributed by atoms with van der Waals surface area (Å²) in [6, 6.07) is -5.58. The van der Waals surface area contributed by atoms with Crippen LogP contribution in [0.1, 0.15) is 37.2 Å². The van der Waals surface area contributed by atoms with Gasteiger partial charge in [-0.1, -0.05) is 0 Å². The van der Waals surface area contributed by atoms with Gasteiger partial charge in [-0.15, -0.1) is 0 Å². The van der Waals surface area contributed by atoms with Crippen molar-refractivity contribution in [3.63, 3.8) is 0 Å². The zero-order valence-corrected chi connectivity index (χ0v) is 23.2. The highest BCUT2D eigenvalue weighted by Crippen LogP contribution is 2.41. The summed E-state index contributed by atoms with van der Waals surface area (Å²) >= 11 is 0. The molecule has 2 amide bonds. The first-order valence-corrected chi connectivity index (χ1v) is 13.0. The first kappa shape index (κ1) is 31.1. The molecule has 10 nitrogen and oxygen atoms in total. The van der Waals surface area contributed by atoms with Gasteiger partial charge in [0.25, 0.3) is 5.88 Å². The predicted octanol–water partition coefficient (Wildman–Crippen LogP) is 5.11. The van der Waals surface area contributed by atoms with Crippen LogP contribution in [0.5, 0.6) is 11.6 Å². The van der Waals surface area contributed by atoms with Crippen molar-refractivity contribution < 1.29 is 45.3 Å². The lowest BCUT2D eigenvalue weighted by atomic mass is 9.93. The van der Waals surface area contributed by atoms with E-state index in [4.69, 9.17) is 14.2 Å². The second kappa shape index (κ2) is 12.2. The Labute approximate surface area is 237 Å². The van der Waals surface area contributed by atoms with E-state index in [9.17, 15) is 31.1 Å².